The minimum absolute atomic E-state index is 0.00405. The molecule has 1 saturated heterocycles. The summed E-state index contributed by atoms with van der Waals surface area (Å²) in [5, 5.41) is 0.00405. The number of sulfonamides is 1. The lowest BCUT2D eigenvalue weighted by Gasteiger charge is -2.21. The van der Waals surface area contributed by atoms with E-state index in [0.29, 0.717) is 25.1 Å². The van der Waals surface area contributed by atoms with Gasteiger partial charge in [0.1, 0.15) is 0 Å². The second-order valence-electron chi connectivity index (χ2n) is 5.87. The number of carbonyl (C=O) groups excluding carboxylic acids is 1. The van der Waals surface area contributed by atoms with Gasteiger partial charge >= 0.3 is 0 Å². The van der Waals surface area contributed by atoms with Crippen LogP contribution in [0.25, 0.3) is 0 Å². The number of hydrogen-bond acceptors (Lipinski definition) is 5. The molecule has 1 N–H and O–H groups in total. The van der Waals surface area contributed by atoms with E-state index in [1.165, 1.54) is 35.2 Å². The van der Waals surface area contributed by atoms with Gasteiger partial charge in [-0.3, -0.25) is 9.59 Å². The monoisotopic (exact) mass is 365 g/mol. The Hall–Kier alpha value is -2.46. The molecule has 0 aromatic carbocycles. The number of pyridine rings is 1. The molecule has 0 atom stereocenters. The summed E-state index contributed by atoms with van der Waals surface area (Å²) in [5.74, 6) is -0.275. The summed E-state index contributed by atoms with van der Waals surface area (Å²) < 4.78 is 28.2. The normalized spacial score (nSPS) is 16.6. The number of nitrogens with one attached hydrogen (secondary N) is 1. The smallest absolute Gasteiger partial charge is 0.262 e. The van der Waals surface area contributed by atoms with Gasteiger partial charge in [-0.05, 0) is 12.5 Å². The molecule has 3 heterocycles. The summed E-state index contributed by atoms with van der Waals surface area (Å²) in [7, 11) is -1.97. The van der Waals surface area contributed by atoms with Crippen molar-refractivity contribution in [3.8, 4) is 0 Å². The average molecular weight is 365 g/mol. The summed E-state index contributed by atoms with van der Waals surface area (Å²) in [6.07, 6.45) is 4.83. The van der Waals surface area contributed by atoms with E-state index in [-0.39, 0.29) is 29.6 Å². The van der Waals surface area contributed by atoms with Crippen molar-refractivity contribution in [2.75, 3.05) is 26.2 Å². The highest BCUT2D eigenvalue weighted by atomic mass is 32.2. The number of H-pyrrole nitrogens is 1. The number of imidazole rings is 1. The molecule has 0 saturated carbocycles. The van der Waals surface area contributed by atoms with Gasteiger partial charge in [-0.25, -0.2) is 13.4 Å². The van der Waals surface area contributed by atoms with Gasteiger partial charge in [-0.2, -0.15) is 4.31 Å². The molecule has 134 valence electrons. The van der Waals surface area contributed by atoms with Gasteiger partial charge in [-0.1, -0.05) is 0 Å². The molecule has 0 unspecified atom stereocenters. The number of aromatic amines is 1. The third-order valence-corrected chi connectivity index (χ3v) is 5.83. The number of aromatic nitrogens is 3. The molecule has 0 radical (unpaired) electrons. The fraction of sp³-hybridized carbons (Fsp3) is 0.400. The van der Waals surface area contributed by atoms with Crippen LogP contribution in [-0.4, -0.2) is 64.2 Å². The maximum atomic E-state index is 12.6. The highest BCUT2D eigenvalue weighted by Crippen LogP contribution is 2.16. The molecule has 1 aliphatic heterocycles. The first kappa shape index (κ1) is 17.4. The number of rotatable bonds is 3. The van der Waals surface area contributed by atoms with Crippen LogP contribution >= 0.6 is 0 Å². The Labute approximate surface area is 144 Å². The van der Waals surface area contributed by atoms with Gasteiger partial charge in [0.05, 0.1) is 6.33 Å². The molecule has 9 nitrogen and oxygen atoms in total. The van der Waals surface area contributed by atoms with Crippen LogP contribution in [0.15, 0.2) is 40.7 Å². The van der Waals surface area contributed by atoms with Crippen LogP contribution in [0, 0.1) is 0 Å². The molecule has 3 rings (SSSR count). The minimum Gasteiger partial charge on any atom is -0.339 e. The van der Waals surface area contributed by atoms with Crippen LogP contribution in [0.1, 0.15) is 16.8 Å². The molecule has 2 aromatic rings. The topological polar surface area (TPSA) is 108 Å². The zero-order valence-electron chi connectivity index (χ0n) is 13.8. The quantitative estimate of drug-likeness (QED) is 0.799. The molecule has 10 heteroatoms. The van der Waals surface area contributed by atoms with E-state index in [9.17, 15) is 18.0 Å². The standard InChI is InChI=1S/C15H19N5O4S/c1-18-10-14(17-11-18)25(23,24)20-6-2-5-19(7-8-20)15(22)12-3-4-16-13(21)9-12/h3-4,9-11H,2,5-8H2,1H3,(H,16,21). The lowest BCUT2D eigenvalue weighted by Crippen LogP contribution is -2.37. The SMILES string of the molecule is Cn1cnc(S(=O)(=O)N2CCCN(C(=O)c3cc[nH]c(=O)c3)CC2)c1. The molecule has 0 bridgehead atoms. The molecule has 25 heavy (non-hydrogen) atoms. The van der Waals surface area contributed by atoms with Crippen LogP contribution < -0.4 is 5.56 Å². The Balaban J connectivity index is 1.74. The molecule has 1 amide bonds. The third-order valence-electron chi connectivity index (χ3n) is 4.05. The van der Waals surface area contributed by atoms with Crippen molar-refractivity contribution < 1.29 is 13.2 Å². The first-order valence-corrected chi connectivity index (χ1v) is 9.28. The average Bonchev–Trinajstić information content (AvgIpc) is 2.87. The van der Waals surface area contributed by atoms with Gasteiger partial charge in [-0.15, -0.1) is 0 Å². The van der Waals surface area contributed by atoms with Crippen molar-refractivity contribution >= 4 is 15.9 Å². The van der Waals surface area contributed by atoms with E-state index in [1.54, 1.807) is 16.5 Å². The van der Waals surface area contributed by atoms with E-state index in [4.69, 9.17) is 0 Å². The molecular weight excluding hydrogens is 346 g/mol. The Bertz CT molecular complexity index is 933. The van der Waals surface area contributed by atoms with E-state index in [1.807, 2.05) is 0 Å². The van der Waals surface area contributed by atoms with E-state index in [2.05, 4.69) is 9.97 Å². The molecule has 2 aromatic heterocycles. The summed E-state index contributed by atoms with van der Waals surface area (Å²) in [4.78, 5) is 31.8. The Morgan fingerprint density at radius 1 is 1.24 bits per heavy atom. The van der Waals surface area contributed by atoms with Crippen LogP contribution in [0.3, 0.4) is 0 Å². The molecular formula is C15H19N5O4S. The van der Waals surface area contributed by atoms with Gasteiger partial charge in [0.25, 0.3) is 15.9 Å². The van der Waals surface area contributed by atoms with Gasteiger partial charge < -0.3 is 14.5 Å². The van der Waals surface area contributed by atoms with E-state index < -0.39 is 10.0 Å². The van der Waals surface area contributed by atoms with E-state index >= 15 is 0 Å². The summed E-state index contributed by atoms with van der Waals surface area (Å²) >= 11 is 0. The highest BCUT2D eigenvalue weighted by molar-refractivity contribution is 7.89. The molecule has 0 aliphatic carbocycles. The van der Waals surface area contributed by atoms with Crippen LogP contribution in [0.5, 0.6) is 0 Å². The van der Waals surface area contributed by atoms with Crippen LogP contribution in [0.4, 0.5) is 0 Å². The minimum atomic E-state index is -3.68. The number of aryl methyl sites for hydroxylation is 1. The van der Waals surface area contributed by atoms with Gasteiger partial charge in [0.15, 0.2) is 5.03 Å². The van der Waals surface area contributed by atoms with E-state index in [0.717, 1.165) is 0 Å². The third kappa shape index (κ3) is 3.64. The first-order valence-electron chi connectivity index (χ1n) is 7.84. The van der Waals surface area contributed by atoms with Crippen LogP contribution in [0.2, 0.25) is 0 Å². The highest BCUT2D eigenvalue weighted by Gasteiger charge is 2.30. The zero-order chi connectivity index (χ0) is 18.0. The molecule has 1 fully saturated rings. The Morgan fingerprint density at radius 2 is 2.04 bits per heavy atom. The fourth-order valence-electron chi connectivity index (χ4n) is 2.75. The largest absolute Gasteiger partial charge is 0.339 e. The first-order chi connectivity index (χ1) is 11.9. The summed E-state index contributed by atoms with van der Waals surface area (Å²) in [6.45, 7) is 1.20. The maximum absolute atomic E-state index is 12.6. The second-order valence-corrected chi connectivity index (χ2v) is 7.75. The van der Waals surface area contributed by atoms with Crippen molar-refractivity contribution in [2.24, 2.45) is 7.05 Å². The van der Waals surface area contributed by atoms with Gasteiger partial charge in [0.2, 0.25) is 5.56 Å². The molecule has 0 spiro atoms. The van der Waals surface area contributed by atoms with Crippen LogP contribution in [-0.2, 0) is 17.1 Å². The number of carbonyl (C=O) groups is 1. The second kappa shape index (κ2) is 6.81. The lowest BCUT2D eigenvalue weighted by atomic mass is 10.2. The Kier molecular flexibility index (Phi) is 4.73. The number of nitrogens with zero attached hydrogens (tertiary/aromatic N) is 4. The fourth-order valence-corrected chi connectivity index (χ4v) is 4.19. The predicted octanol–water partition coefficient (Wildman–Crippen LogP) is -0.355. The van der Waals surface area contributed by atoms with Crippen molar-refractivity contribution in [3.05, 3.63) is 46.8 Å². The lowest BCUT2D eigenvalue weighted by molar-refractivity contribution is 0.0764. The van der Waals surface area contributed by atoms with Crippen molar-refractivity contribution in [1.82, 2.24) is 23.7 Å². The van der Waals surface area contributed by atoms with Gasteiger partial charge in [0, 0.05) is 57.3 Å². The van der Waals surface area contributed by atoms with Crippen molar-refractivity contribution in [1.29, 1.82) is 0 Å². The van der Waals surface area contributed by atoms with Crippen molar-refractivity contribution in [2.45, 2.75) is 11.4 Å². The number of hydrogen-bond donors (Lipinski definition) is 1. The summed E-state index contributed by atoms with van der Waals surface area (Å²) in [6, 6.07) is 2.78. The zero-order valence-corrected chi connectivity index (χ0v) is 14.6. The predicted molar refractivity (Wildman–Crippen MR) is 89.6 cm³/mol. The summed E-state index contributed by atoms with van der Waals surface area (Å²) in [5.41, 5.74) is -0.0511. The Morgan fingerprint density at radius 3 is 2.72 bits per heavy atom. The van der Waals surface area contributed by atoms with Crippen molar-refractivity contribution in [3.63, 3.8) is 0 Å². The number of amides is 1. The molecule has 1 aliphatic rings. The maximum Gasteiger partial charge on any atom is 0.262 e.